The molecule has 0 bridgehead atoms. The highest BCUT2D eigenvalue weighted by Gasteiger charge is 1.87. The van der Waals surface area contributed by atoms with Gasteiger partial charge in [0.2, 0.25) is 0 Å². The standard InChI is InChI=1S/C7H11N3/c1-6(2)4-10-5-7(8)3-9-10/h3-5H,8H2,1-2H3. The molecule has 1 aromatic rings. The van der Waals surface area contributed by atoms with Crippen molar-refractivity contribution in [3.05, 3.63) is 18.0 Å². The molecule has 0 saturated heterocycles. The van der Waals surface area contributed by atoms with Gasteiger partial charge in [0.1, 0.15) is 0 Å². The molecule has 54 valence electrons. The maximum absolute atomic E-state index is 5.44. The fraction of sp³-hybridized carbons (Fsp3) is 0.286. The Kier molecular flexibility index (Phi) is 1.76. The average Bonchev–Trinajstić information content (AvgIpc) is 2.13. The molecule has 0 unspecified atom stereocenters. The van der Waals surface area contributed by atoms with Crippen molar-refractivity contribution >= 4 is 11.9 Å². The van der Waals surface area contributed by atoms with Gasteiger partial charge in [-0.2, -0.15) is 5.10 Å². The summed E-state index contributed by atoms with van der Waals surface area (Å²) in [5.74, 6) is 0. The van der Waals surface area contributed by atoms with Gasteiger partial charge in [-0.25, -0.2) is 4.68 Å². The van der Waals surface area contributed by atoms with E-state index in [0.29, 0.717) is 5.69 Å². The van der Waals surface area contributed by atoms with E-state index in [1.807, 2.05) is 20.0 Å². The Morgan fingerprint density at radius 2 is 2.40 bits per heavy atom. The molecule has 2 N–H and O–H groups in total. The molecule has 3 heteroatoms. The molecular weight excluding hydrogens is 126 g/mol. The van der Waals surface area contributed by atoms with Crippen LogP contribution in [0.3, 0.4) is 0 Å². The summed E-state index contributed by atoms with van der Waals surface area (Å²) in [5, 5.41) is 3.97. The molecule has 0 fully saturated rings. The van der Waals surface area contributed by atoms with E-state index < -0.39 is 0 Å². The quantitative estimate of drug-likeness (QED) is 0.634. The summed E-state index contributed by atoms with van der Waals surface area (Å²) < 4.78 is 1.70. The van der Waals surface area contributed by atoms with E-state index in [9.17, 15) is 0 Å². The maximum Gasteiger partial charge on any atom is 0.0724 e. The Balaban J connectivity index is 2.86. The summed E-state index contributed by atoms with van der Waals surface area (Å²) in [6.45, 7) is 4.02. The van der Waals surface area contributed by atoms with Crippen molar-refractivity contribution in [1.82, 2.24) is 9.78 Å². The molecule has 1 heterocycles. The van der Waals surface area contributed by atoms with Gasteiger partial charge >= 0.3 is 0 Å². The normalized spacial score (nSPS) is 9.40. The van der Waals surface area contributed by atoms with Gasteiger partial charge < -0.3 is 5.73 Å². The molecule has 0 aromatic carbocycles. The summed E-state index contributed by atoms with van der Waals surface area (Å²) in [6, 6.07) is 0. The van der Waals surface area contributed by atoms with E-state index in [1.165, 1.54) is 5.57 Å². The van der Waals surface area contributed by atoms with E-state index in [2.05, 4.69) is 5.10 Å². The van der Waals surface area contributed by atoms with Crippen LogP contribution >= 0.6 is 0 Å². The fourth-order valence-corrected chi connectivity index (χ4v) is 0.688. The molecule has 0 saturated carbocycles. The summed E-state index contributed by atoms with van der Waals surface area (Å²) >= 11 is 0. The van der Waals surface area contributed by atoms with Crippen molar-refractivity contribution in [3.63, 3.8) is 0 Å². The number of aromatic nitrogens is 2. The highest BCUT2D eigenvalue weighted by molar-refractivity contribution is 5.36. The first-order valence-electron chi connectivity index (χ1n) is 3.13. The van der Waals surface area contributed by atoms with Crippen molar-refractivity contribution in [1.29, 1.82) is 0 Å². The second-order valence-electron chi connectivity index (χ2n) is 2.46. The van der Waals surface area contributed by atoms with Crippen molar-refractivity contribution < 1.29 is 0 Å². The summed E-state index contributed by atoms with van der Waals surface area (Å²) in [5.41, 5.74) is 7.33. The molecule has 0 spiro atoms. The molecule has 0 atom stereocenters. The number of anilines is 1. The topological polar surface area (TPSA) is 43.8 Å². The lowest BCUT2D eigenvalue weighted by Gasteiger charge is -1.90. The second-order valence-corrected chi connectivity index (χ2v) is 2.46. The van der Waals surface area contributed by atoms with E-state index >= 15 is 0 Å². The first-order chi connectivity index (χ1) is 4.68. The molecule has 0 amide bonds. The summed E-state index contributed by atoms with van der Waals surface area (Å²) in [6.07, 6.45) is 5.31. The molecule has 3 nitrogen and oxygen atoms in total. The Bertz CT molecular complexity index is 243. The van der Waals surface area contributed by atoms with Gasteiger partial charge in [0.25, 0.3) is 0 Å². The highest BCUT2D eigenvalue weighted by Crippen LogP contribution is 2.00. The van der Waals surface area contributed by atoms with Gasteiger partial charge in [-0.1, -0.05) is 5.57 Å². The number of hydrogen-bond acceptors (Lipinski definition) is 2. The number of rotatable bonds is 1. The van der Waals surface area contributed by atoms with E-state index in [1.54, 1.807) is 17.1 Å². The van der Waals surface area contributed by atoms with Crippen LogP contribution in [0.15, 0.2) is 18.0 Å². The largest absolute Gasteiger partial charge is 0.396 e. The van der Waals surface area contributed by atoms with Gasteiger partial charge in [-0.15, -0.1) is 0 Å². The Labute approximate surface area is 60.1 Å². The van der Waals surface area contributed by atoms with Crippen LogP contribution in [0.2, 0.25) is 0 Å². The van der Waals surface area contributed by atoms with Crippen LogP contribution < -0.4 is 5.73 Å². The lowest BCUT2D eigenvalue weighted by molar-refractivity contribution is 0.927. The first-order valence-corrected chi connectivity index (χ1v) is 3.13. The number of allylic oxidation sites excluding steroid dienone is 1. The molecule has 10 heavy (non-hydrogen) atoms. The van der Waals surface area contributed by atoms with Crippen molar-refractivity contribution in [2.24, 2.45) is 0 Å². The highest BCUT2D eigenvalue weighted by atomic mass is 15.3. The van der Waals surface area contributed by atoms with Crippen LogP contribution in [-0.4, -0.2) is 9.78 Å². The monoisotopic (exact) mass is 137 g/mol. The number of nitrogens with two attached hydrogens (primary N) is 1. The van der Waals surface area contributed by atoms with E-state index in [-0.39, 0.29) is 0 Å². The summed E-state index contributed by atoms with van der Waals surface area (Å²) in [7, 11) is 0. The van der Waals surface area contributed by atoms with Crippen molar-refractivity contribution in [2.45, 2.75) is 13.8 Å². The lowest BCUT2D eigenvalue weighted by atomic mass is 10.4. The first kappa shape index (κ1) is 6.86. The van der Waals surface area contributed by atoms with Gasteiger partial charge in [-0.05, 0) is 13.8 Å². The zero-order chi connectivity index (χ0) is 7.56. The lowest BCUT2D eigenvalue weighted by Crippen LogP contribution is -1.86. The van der Waals surface area contributed by atoms with Crippen LogP contribution in [0.5, 0.6) is 0 Å². The third-order valence-corrected chi connectivity index (χ3v) is 1.01. The Hall–Kier alpha value is -1.25. The zero-order valence-corrected chi connectivity index (χ0v) is 6.20. The number of hydrogen-bond donors (Lipinski definition) is 1. The molecule has 0 aliphatic carbocycles. The molecule has 1 rings (SSSR count). The average molecular weight is 137 g/mol. The molecule has 1 aromatic heterocycles. The van der Waals surface area contributed by atoms with Crippen LogP contribution in [0, 0.1) is 0 Å². The van der Waals surface area contributed by atoms with Gasteiger partial charge in [0.05, 0.1) is 18.1 Å². The van der Waals surface area contributed by atoms with Crippen LogP contribution in [0.4, 0.5) is 5.69 Å². The minimum absolute atomic E-state index is 0.692. The zero-order valence-electron chi connectivity index (χ0n) is 6.20. The Morgan fingerprint density at radius 1 is 1.70 bits per heavy atom. The van der Waals surface area contributed by atoms with E-state index in [0.717, 1.165) is 0 Å². The SMILES string of the molecule is CC(C)=Cn1cc(N)cn1. The van der Waals surface area contributed by atoms with Gasteiger partial charge in [0.15, 0.2) is 0 Å². The predicted octanol–water partition coefficient (Wildman–Crippen LogP) is 1.35. The second kappa shape index (κ2) is 2.56. The third kappa shape index (κ3) is 1.62. The van der Waals surface area contributed by atoms with Crippen molar-refractivity contribution in [2.75, 3.05) is 5.73 Å². The van der Waals surface area contributed by atoms with Gasteiger partial charge in [0, 0.05) is 6.20 Å². The molecule has 0 aliphatic rings. The molecule has 0 radical (unpaired) electrons. The minimum Gasteiger partial charge on any atom is -0.396 e. The fourth-order valence-electron chi connectivity index (χ4n) is 0.688. The van der Waals surface area contributed by atoms with Crippen LogP contribution in [0.1, 0.15) is 13.8 Å². The number of nitrogens with zero attached hydrogens (tertiary/aromatic N) is 2. The molecular formula is C7H11N3. The van der Waals surface area contributed by atoms with E-state index in [4.69, 9.17) is 5.73 Å². The van der Waals surface area contributed by atoms with Crippen molar-refractivity contribution in [3.8, 4) is 0 Å². The summed E-state index contributed by atoms with van der Waals surface area (Å²) in [4.78, 5) is 0. The van der Waals surface area contributed by atoms with Crippen LogP contribution in [-0.2, 0) is 0 Å². The smallest absolute Gasteiger partial charge is 0.0724 e. The predicted molar refractivity (Wildman–Crippen MR) is 42.3 cm³/mol. The third-order valence-electron chi connectivity index (χ3n) is 1.01. The maximum atomic E-state index is 5.44. The minimum atomic E-state index is 0.692. The van der Waals surface area contributed by atoms with Gasteiger partial charge in [-0.3, -0.25) is 0 Å². The number of nitrogen functional groups attached to an aromatic ring is 1. The molecule has 0 aliphatic heterocycles. The Morgan fingerprint density at radius 3 is 2.80 bits per heavy atom. The van der Waals surface area contributed by atoms with Crippen LogP contribution in [0.25, 0.3) is 6.20 Å².